The largest absolute Gasteiger partial charge is 0.298 e. The SMILES string of the molecule is C=CC1=C(/C=C\C)CC(C)C(=O)N1CC#N. The number of amides is 1. The Labute approximate surface area is 96.4 Å². The predicted octanol–water partition coefficient (Wildman–Crippen LogP) is 2.39. The molecular formula is C13H16N2O. The molecule has 0 aromatic heterocycles. The lowest BCUT2D eigenvalue weighted by Gasteiger charge is -2.31. The first kappa shape index (κ1) is 12.3. The summed E-state index contributed by atoms with van der Waals surface area (Å²) in [6.45, 7) is 7.62. The molecule has 0 aromatic carbocycles. The lowest BCUT2D eigenvalue weighted by molar-refractivity contribution is -0.133. The number of hydrogen-bond acceptors (Lipinski definition) is 2. The number of hydrogen-bond donors (Lipinski definition) is 0. The maximum Gasteiger partial charge on any atom is 0.231 e. The van der Waals surface area contributed by atoms with Crippen LogP contribution in [-0.2, 0) is 4.79 Å². The van der Waals surface area contributed by atoms with Crippen LogP contribution in [0.15, 0.2) is 36.1 Å². The molecule has 0 fully saturated rings. The Kier molecular flexibility index (Phi) is 4.07. The van der Waals surface area contributed by atoms with Crippen LogP contribution in [0.3, 0.4) is 0 Å². The fourth-order valence-corrected chi connectivity index (χ4v) is 1.91. The van der Waals surface area contributed by atoms with Crippen LogP contribution in [0.2, 0.25) is 0 Å². The third kappa shape index (κ3) is 2.22. The molecule has 1 rings (SSSR count). The first-order valence-electron chi connectivity index (χ1n) is 5.32. The average Bonchev–Trinajstić information content (AvgIpc) is 2.26. The molecule has 1 atom stereocenters. The molecule has 0 N–H and O–H groups in total. The molecule has 0 radical (unpaired) electrons. The molecule has 1 aliphatic rings. The van der Waals surface area contributed by atoms with Gasteiger partial charge in [-0.05, 0) is 25.0 Å². The van der Waals surface area contributed by atoms with Gasteiger partial charge in [0.15, 0.2) is 0 Å². The summed E-state index contributed by atoms with van der Waals surface area (Å²) in [6, 6.07) is 2.01. The summed E-state index contributed by atoms with van der Waals surface area (Å²) in [7, 11) is 0. The lowest BCUT2D eigenvalue weighted by atomic mass is 9.92. The molecule has 1 aliphatic heterocycles. The summed E-state index contributed by atoms with van der Waals surface area (Å²) in [5, 5.41) is 8.73. The normalized spacial score (nSPS) is 21.4. The van der Waals surface area contributed by atoms with Gasteiger partial charge in [-0.15, -0.1) is 0 Å². The van der Waals surface area contributed by atoms with Gasteiger partial charge in [0.25, 0.3) is 0 Å². The quantitative estimate of drug-likeness (QED) is 0.680. The molecule has 0 spiro atoms. The zero-order valence-corrected chi connectivity index (χ0v) is 9.73. The summed E-state index contributed by atoms with van der Waals surface area (Å²) < 4.78 is 0. The molecule has 0 bridgehead atoms. The van der Waals surface area contributed by atoms with Crippen molar-refractivity contribution in [3.05, 3.63) is 36.1 Å². The van der Waals surface area contributed by atoms with Crippen LogP contribution in [0.25, 0.3) is 0 Å². The van der Waals surface area contributed by atoms with Gasteiger partial charge in [0.2, 0.25) is 5.91 Å². The number of carbonyl (C=O) groups is 1. The fraction of sp³-hybridized carbons (Fsp3) is 0.385. The predicted molar refractivity (Wildman–Crippen MR) is 63.1 cm³/mol. The molecule has 0 saturated heterocycles. The monoisotopic (exact) mass is 216 g/mol. The minimum atomic E-state index is -0.0664. The van der Waals surface area contributed by atoms with E-state index in [1.165, 1.54) is 4.90 Å². The summed E-state index contributed by atoms with van der Waals surface area (Å²) in [5.74, 6) is -0.0621. The third-order valence-corrected chi connectivity index (χ3v) is 2.62. The van der Waals surface area contributed by atoms with E-state index in [1.807, 2.05) is 32.1 Å². The van der Waals surface area contributed by atoms with Gasteiger partial charge in [0.05, 0.1) is 6.07 Å². The summed E-state index contributed by atoms with van der Waals surface area (Å²) in [6.07, 6.45) is 6.28. The topological polar surface area (TPSA) is 44.1 Å². The van der Waals surface area contributed by atoms with Crippen LogP contribution in [0.5, 0.6) is 0 Å². The van der Waals surface area contributed by atoms with E-state index in [2.05, 4.69) is 6.58 Å². The van der Waals surface area contributed by atoms with E-state index in [0.717, 1.165) is 11.3 Å². The van der Waals surface area contributed by atoms with Crippen LogP contribution >= 0.6 is 0 Å². The number of allylic oxidation sites excluding steroid dienone is 4. The van der Waals surface area contributed by atoms with Crippen molar-refractivity contribution in [2.45, 2.75) is 20.3 Å². The van der Waals surface area contributed by atoms with Gasteiger partial charge in [0, 0.05) is 11.6 Å². The van der Waals surface area contributed by atoms with Crippen molar-refractivity contribution in [2.75, 3.05) is 6.54 Å². The maximum atomic E-state index is 11.9. The van der Waals surface area contributed by atoms with Crippen LogP contribution in [-0.4, -0.2) is 17.4 Å². The molecule has 1 heterocycles. The molecule has 1 amide bonds. The van der Waals surface area contributed by atoms with Crippen molar-refractivity contribution in [3.63, 3.8) is 0 Å². The smallest absolute Gasteiger partial charge is 0.231 e. The Bertz CT molecular complexity index is 399. The first-order valence-corrected chi connectivity index (χ1v) is 5.32. The fourth-order valence-electron chi connectivity index (χ4n) is 1.91. The minimum absolute atomic E-state index is 0.00435. The molecule has 3 nitrogen and oxygen atoms in total. The van der Waals surface area contributed by atoms with Crippen molar-refractivity contribution in [1.29, 1.82) is 5.26 Å². The molecule has 3 heteroatoms. The number of rotatable bonds is 3. The van der Waals surface area contributed by atoms with Crippen LogP contribution in [0, 0.1) is 17.2 Å². The van der Waals surface area contributed by atoms with Gasteiger partial charge in [-0.1, -0.05) is 25.7 Å². The molecule has 1 unspecified atom stereocenters. The molecular weight excluding hydrogens is 200 g/mol. The second kappa shape index (κ2) is 5.32. The van der Waals surface area contributed by atoms with E-state index < -0.39 is 0 Å². The van der Waals surface area contributed by atoms with Crippen LogP contribution in [0.1, 0.15) is 20.3 Å². The Balaban J connectivity index is 3.20. The standard InChI is InChI=1S/C13H16N2O/c1-4-6-11-9-10(3)13(16)15(8-7-14)12(11)5-2/h4-6,10H,2,8-9H2,1,3H3/b6-4-. The van der Waals surface area contributed by atoms with Crippen LogP contribution in [0.4, 0.5) is 0 Å². The second-order valence-corrected chi connectivity index (χ2v) is 3.80. The van der Waals surface area contributed by atoms with Crippen molar-refractivity contribution >= 4 is 5.91 Å². The highest BCUT2D eigenvalue weighted by Crippen LogP contribution is 2.28. The van der Waals surface area contributed by atoms with E-state index >= 15 is 0 Å². The Morgan fingerprint density at radius 3 is 2.88 bits per heavy atom. The van der Waals surface area contributed by atoms with Gasteiger partial charge in [-0.25, -0.2) is 0 Å². The number of nitriles is 1. The minimum Gasteiger partial charge on any atom is -0.298 e. The van der Waals surface area contributed by atoms with Crippen molar-refractivity contribution in [2.24, 2.45) is 5.92 Å². The highest BCUT2D eigenvalue weighted by Gasteiger charge is 2.29. The zero-order chi connectivity index (χ0) is 12.1. The van der Waals surface area contributed by atoms with Gasteiger partial charge in [-0.2, -0.15) is 5.26 Å². The zero-order valence-electron chi connectivity index (χ0n) is 9.73. The average molecular weight is 216 g/mol. The number of carbonyl (C=O) groups excluding carboxylic acids is 1. The Hall–Kier alpha value is -1.82. The van der Waals surface area contributed by atoms with Gasteiger partial charge in [-0.3, -0.25) is 9.69 Å². The first-order chi connectivity index (χ1) is 7.65. The number of nitrogens with zero attached hydrogens (tertiary/aromatic N) is 2. The van der Waals surface area contributed by atoms with Crippen LogP contribution < -0.4 is 0 Å². The highest BCUT2D eigenvalue weighted by molar-refractivity contribution is 5.83. The molecule has 0 saturated carbocycles. The maximum absolute atomic E-state index is 11.9. The third-order valence-electron chi connectivity index (χ3n) is 2.62. The Morgan fingerprint density at radius 2 is 2.38 bits per heavy atom. The Morgan fingerprint density at radius 1 is 1.69 bits per heavy atom. The molecule has 0 aliphatic carbocycles. The van der Waals surface area contributed by atoms with E-state index in [4.69, 9.17) is 5.26 Å². The second-order valence-electron chi connectivity index (χ2n) is 3.80. The molecule has 16 heavy (non-hydrogen) atoms. The summed E-state index contributed by atoms with van der Waals surface area (Å²) in [5.41, 5.74) is 1.84. The van der Waals surface area contributed by atoms with E-state index in [-0.39, 0.29) is 18.4 Å². The lowest BCUT2D eigenvalue weighted by Crippen LogP contribution is -2.38. The van der Waals surface area contributed by atoms with Gasteiger partial charge in [0.1, 0.15) is 6.54 Å². The molecule has 0 aromatic rings. The van der Waals surface area contributed by atoms with Gasteiger partial charge >= 0.3 is 0 Å². The highest BCUT2D eigenvalue weighted by atomic mass is 16.2. The van der Waals surface area contributed by atoms with Crippen molar-refractivity contribution < 1.29 is 4.79 Å². The van der Waals surface area contributed by atoms with Crippen molar-refractivity contribution in [3.8, 4) is 6.07 Å². The van der Waals surface area contributed by atoms with E-state index in [0.29, 0.717) is 6.42 Å². The van der Waals surface area contributed by atoms with E-state index in [1.54, 1.807) is 6.08 Å². The summed E-state index contributed by atoms with van der Waals surface area (Å²) in [4.78, 5) is 13.4. The molecule has 84 valence electrons. The van der Waals surface area contributed by atoms with Gasteiger partial charge < -0.3 is 0 Å². The summed E-state index contributed by atoms with van der Waals surface area (Å²) >= 11 is 0. The van der Waals surface area contributed by atoms with Crippen molar-refractivity contribution in [1.82, 2.24) is 4.90 Å². The van der Waals surface area contributed by atoms with E-state index in [9.17, 15) is 4.79 Å².